The fourth-order valence-electron chi connectivity index (χ4n) is 1.88. The molecule has 0 aromatic rings. The van der Waals surface area contributed by atoms with Crippen LogP contribution in [0.4, 0.5) is 34.5 Å². The van der Waals surface area contributed by atoms with Crippen molar-refractivity contribution in [3.05, 3.63) is 126 Å². The molecule has 0 bridgehead atoms. The summed E-state index contributed by atoms with van der Waals surface area (Å²) in [5.74, 6) is 5.37. The fourth-order valence-corrected chi connectivity index (χ4v) is 1.88. The molecule has 4 fully saturated rings. The molecule has 4 aliphatic rings. The van der Waals surface area contributed by atoms with Crippen molar-refractivity contribution in [2.45, 2.75) is 27.7 Å². The van der Waals surface area contributed by atoms with Gasteiger partial charge in [-0.2, -0.15) is 0 Å². The SMILES string of the molecule is C[C]1[CH][CH][CH][CH]1.C[C]1[CH][CH][CH][CH]1.C[C]1[CH][CH][CH][CH]1.C[C]1[CH][CH][CH][CH]1.F[B-](F)(F)F.F[B-](F)(F)F.[Mo+2].[Mo+2].[Mo+2].[Mo+2].[S-]C[S-].[S-]C[S-].[SH-].[SH-].[SH-].[SH-]. The van der Waals surface area contributed by atoms with E-state index in [-0.39, 0.29) is 138 Å². The molecule has 0 aromatic heterocycles. The van der Waals surface area contributed by atoms with Crippen LogP contribution in [0.2, 0.25) is 0 Å². The summed E-state index contributed by atoms with van der Waals surface area (Å²) in [4.78, 5) is 0. The maximum absolute atomic E-state index is 9.75. The molecule has 0 aromatic carbocycles. The van der Waals surface area contributed by atoms with Crippen molar-refractivity contribution in [1.29, 1.82) is 0 Å². The Balaban J connectivity index is -0.0000000305. The second-order valence-corrected chi connectivity index (χ2v) is 8.96. The first kappa shape index (κ1) is 85.3. The van der Waals surface area contributed by atoms with Crippen LogP contribution in [-0.2, 0) is 189 Å². The van der Waals surface area contributed by atoms with Gasteiger partial charge in [-0.05, 0) is 126 Å². The second-order valence-electron chi connectivity index (χ2n) is 7.07. The molecule has 0 saturated heterocycles. The Morgan fingerprint density at radius 2 is 0.417 bits per heavy atom. The van der Waals surface area contributed by atoms with Crippen molar-refractivity contribution < 1.29 is 119 Å². The van der Waals surface area contributed by atoms with Gasteiger partial charge in [0.1, 0.15) is 0 Å². The molecule has 0 amide bonds. The summed E-state index contributed by atoms with van der Waals surface area (Å²) in [6.07, 6.45) is 33.0. The van der Waals surface area contributed by atoms with Gasteiger partial charge in [0, 0.05) is 0 Å². The van der Waals surface area contributed by atoms with E-state index in [1.54, 1.807) is 0 Å². The molecule has 0 heterocycles. The summed E-state index contributed by atoms with van der Waals surface area (Å²) in [5, 5.41) is 0.833. The van der Waals surface area contributed by atoms with Crippen molar-refractivity contribution in [3.8, 4) is 0 Å². The third-order valence-corrected chi connectivity index (χ3v) is 3.32. The van der Waals surface area contributed by atoms with Crippen LogP contribution in [0.15, 0.2) is 0 Å². The van der Waals surface area contributed by atoms with Crippen molar-refractivity contribution >= 4 is 119 Å². The maximum atomic E-state index is 9.75. The fraction of sp³-hybridized carbons (Fsp3) is 0.231. The molecule has 0 nitrogen and oxygen atoms in total. The van der Waals surface area contributed by atoms with Gasteiger partial charge in [-0.25, -0.2) is 0 Å². The van der Waals surface area contributed by atoms with Crippen LogP contribution < -0.4 is 0 Å². The number of thiol groups is 4. The van der Waals surface area contributed by atoms with E-state index in [0.717, 1.165) is 0 Å². The van der Waals surface area contributed by atoms with Crippen LogP contribution >= 0.6 is 0 Å². The standard InChI is InChI=1S/4C6H7.2CH4S2.2BF4.4Mo.4H2S/c4*1-6-4-2-3-5-6;2*2-1-3;2*2-1(3,4)5;;;;;;;;/h4*2-5H,1H3;2*2-3H,1H2;;;;;;;4*1H2/q;;;;;;2*-1;4*+2;;;;/p-8. The first-order chi connectivity index (χ1) is 18.4. The van der Waals surface area contributed by atoms with Gasteiger partial charge >= 0.3 is 98.8 Å². The van der Waals surface area contributed by atoms with Gasteiger partial charge in [-0.15, -0.1) is 0 Å². The predicted octanol–water partition coefficient (Wildman–Crippen LogP) is 7.23. The summed E-state index contributed by atoms with van der Waals surface area (Å²) in [6.45, 7) is 8.33. The molecular formula is C26H36B2F8Mo4S8-2. The molecule has 0 N–H and O–H groups in total. The van der Waals surface area contributed by atoms with E-state index < -0.39 is 14.5 Å². The largest absolute Gasteiger partial charge is 2.00 e. The Kier molecular flexibility index (Phi) is 109. The maximum Gasteiger partial charge on any atom is 2.00 e. The average molecular weight is 1160 g/mol. The molecule has 0 aliphatic heterocycles. The number of rotatable bonds is 0. The number of hydrogen-bond acceptors (Lipinski definition) is 8. The van der Waals surface area contributed by atoms with Crippen LogP contribution in [0.5, 0.6) is 0 Å². The van der Waals surface area contributed by atoms with Crippen LogP contribution in [0, 0.1) is 126 Å². The summed E-state index contributed by atoms with van der Waals surface area (Å²) >= 11 is 16.8. The Bertz CT molecular complexity index is 416. The zero-order valence-corrected chi connectivity index (χ0v) is 40.8. The Hall–Kier alpha value is 5.12. The van der Waals surface area contributed by atoms with Crippen LogP contribution in [-0.4, -0.2) is 24.7 Å². The molecule has 4 saturated carbocycles. The van der Waals surface area contributed by atoms with Crippen molar-refractivity contribution in [1.82, 2.24) is 0 Å². The average Bonchev–Trinajstić information content (AvgIpc) is 3.60. The second kappa shape index (κ2) is 61.3. The van der Waals surface area contributed by atoms with E-state index >= 15 is 0 Å². The topological polar surface area (TPSA) is 0 Å². The van der Waals surface area contributed by atoms with E-state index in [4.69, 9.17) is 0 Å². The van der Waals surface area contributed by atoms with Gasteiger partial charge < -0.3 is 149 Å². The van der Waals surface area contributed by atoms with Crippen molar-refractivity contribution in [2.24, 2.45) is 0 Å². The number of hydrogen-bond donors (Lipinski definition) is 0. The van der Waals surface area contributed by atoms with Gasteiger partial charge in [-0.1, -0.05) is 27.7 Å². The van der Waals surface area contributed by atoms with E-state index in [2.05, 4.69) is 130 Å². The monoisotopic (exact) mass is 1170 g/mol. The first-order valence-corrected chi connectivity index (χ1v) is 13.5. The summed E-state index contributed by atoms with van der Waals surface area (Å²) < 4.78 is 78.0. The molecule has 0 atom stereocenters. The van der Waals surface area contributed by atoms with E-state index in [9.17, 15) is 34.5 Å². The van der Waals surface area contributed by atoms with Gasteiger partial charge in [0.2, 0.25) is 0 Å². The Morgan fingerprint density at radius 3 is 0.438 bits per heavy atom. The Labute approximate surface area is 397 Å². The Morgan fingerprint density at radius 1 is 0.354 bits per heavy atom. The molecule has 276 valence electrons. The molecule has 4 rings (SSSR count). The zero-order chi connectivity index (χ0) is 32.0. The quantitative estimate of drug-likeness (QED) is 0.107. The van der Waals surface area contributed by atoms with Gasteiger partial charge in [-0.3, -0.25) is 0 Å². The minimum Gasteiger partial charge on any atom is -0.818 e. The van der Waals surface area contributed by atoms with Gasteiger partial charge in [0.25, 0.3) is 0 Å². The van der Waals surface area contributed by atoms with Gasteiger partial charge in [0.15, 0.2) is 0 Å². The van der Waals surface area contributed by atoms with E-state index in [1.807, 2.05) is 51.4 Å². The zero-order valence-electron chi connectivity index (χ0n) is 25.9. The smallest absolute Gasteiger partial charge is 0.818 e. The summed E-state index contributed by atoms with van der Waals surface area (Å²) in [7, 11) is -12.0. The van der Waals surface area contributed by atoms with Gasteiger partial charge in [0.05, 0.1) is 0 Å². The minimum atomic E-state index is -6.00. The van der Waals surface area contributed by atoms with Crippen molar-refractivity contribution in [3.63, 3.8) is 0 Å². The molecule has 0 unspecified atom stereocenters. The molecule has 4 aliphatic carbocycles. The summed E-state index contributed by atoms with van der Waals surface area (Å²) in [5.41, 5.74) is 0. The van der Waals surface area contributed by atoms with Crippen molar-refractivity contribution in [2.75, 3.05) is 10.2 Å². The molecule has 0 spiro atoms. The molecule has 20 radical (unpaired) electrons. The molecular weight excluding hydrogens is 1130 g/mol. The molecule has 22 heteroatoms. The van der Waals surface area contributed by atoms with Crippen LogP contribution in [0.3, 0.4) is 0 Å². The third-order valence-electron chi connectivity index (χ3n) is 3.32. The van der Waals surface area contributed by atoms with E-state index in [0.29, 0.717) is 10.2 Å². The minimum absolute atomic E-state index is 0. The number of halogens is 8. The third kappa shape index (κ3) is 117. The first-order valence-electron chi connectivity index (χ1n) is 11.2. The summed E-state index contributed by atoms with van der Waals surface area (Å²) in [6, 6.07) is 0. The molecule has 48 heavy (non-hydrogen) atoms. The predicted molar refractivity (Wildman–Crippen MR) is 199 cm³/mol. The normalized spacial score (nSPS) is 16.0. The van der Waals surface area contributed by atoms with Crippen LogP contribution in [0.1, 0.15) is 27.7 Å². The van der Waals surface area contributed by atoms with Crippen LogP contribution in [0.25, 0.3) is 0 Å². The van der Waals surface area contributed by atoms with E-state index in [1.165, 1.54) is 23.7 Å².